The highest BCUT2D eigenvalue weighted by Crippen LogP contribution is 2.34. The summed E-state index contributed by atoms with van der Waals surface area (Å²) in [5.41, 5.74) is 2.62. The van der Waals surface area contributed by atoms with Crippen molar-refractivity contribution < 1.29 is 14.3 Å². The summed E-state index contributed by atoms with van der Waals surface area (Å²) in [6.07, 6.45) is 0. The topological polar surface area (TPSA) is 60.3 Å². The third kappa shape index (κ3) is 2.65. The number of amides is 1. The second-order valence-electron chi connectivity index (χ2n) is 5.53. The van der Waals surface area contributed by atoms with Crippen LogP contribution in [0.4, 0.5) is 5.69 Å². The first-order chi connectivity index (χ1) is 11.5. The Morgan fingerprint density at radius 3 is 2.42 bits per heavy atom. The minimum atomic E-state index is -0.188. The van der Waals surface area contributed by atoms with Crippen LogP contribution in [0.3, 0.4) is 0 Å². The van der Waals surface area contributed by atoms with Crippen LogP contribution in [-0.2, 0) is 4.79 Å². The van der Waals surface area contributed by atoms with Gasteiger partial charge in [-0.1, -0.05) is 18.2 Å². The third-order valence-electron chi connectivity index (χ3n) is 3.94. The molecule has 5 nitrogen and oxygen atoms in total. The van der Waals surface area contributed by atoms with Crippen LogP contribution in [0.15, 0.2) is 48.5 Å². The molecule has 1 heterocycles. The van der Waals surface area contributed by atoms with Gasteiger partial charge in [0.05, 0.1) is 18.3 Å². The average Bonchev–Trinajstić information content (AvgIpc) is 2.86. The first-order valence-corrected chi connectivity index (χ1v) is 7.59. The molecule has 1 amide bonds. The van der Waals surface area contributed by atoms with Gasteiger partial charge in [0.1, 0.15) is 5.75 Å². The highest BCUT2D eigenvalue weighted by Gasteiger charge is 2.20. The number of ether oxygens (including phenoxy) is 1. The van der Waals surface area contributed by atoms with E-state index >= 15 is 0 Å². The molecule has 0 atom stereocenters. The molecular formula is C19H18N2O3. The molecule has 0 aliphatic rings. The maximum Gasteiger partial charge on any atom is 0.262 e. The van der Waals surface area contributed by atoms with Gasteiger partial charge >= 0.3 is 0 Å². The van der Waals surface area contributed by atoms with Gasteiger partial charge in [0.2, 0.25) is 5.91 Å². The number of aromatic nitrogens is 1. The Bertz CT molecular complexity index is 927. The molecule has 0 radical (unpaired) electrons. The molecule has 0 aliphatic heterocycles. The predicted molar refractivity (Wildman–Crippen MR) is 93.7 cm³/mol. The summed E-state index contributed by atoms with van der Waals surface area (Å²) >= 11 is 0. The zero-order valence-electron chi connectivity index (χ0n) is 13.8. The Morgan fingerprint density at radius 2 is 1.79 bits per heavy atom. The Kier molecular flexibility index (Phi) is 4.08. The van der Waals surface area contributed by atoms with Gasteiger partial charge in [-0.05, 0) is 37.3 Å². The van der Waals surface area contributed by atoms with Gasteiger partial charge in [0.15, 0.2) is 0 Å². The predicted octanol–water partition coefficient (Wildman–Crippen LogP) is 3.61. The zero-order valence-corrected chi connectivity index (χ0v) is 13.8. The van der Waals surface area contributed by atoms with Crippen molar-refractivity contribution in [2.45, 2.75) is 13.8 Å². The number of nitrogens with one attached hydrogen (secondary N) is 1. The van der Waals surface area contributed by atoms with Crippen molar-refractivity contribution in [1.29, 1.82) is 0 Å². The molecule has 5 heteroatoms. The fourth-order valence-electron chi connectivity index (χ4n) is 2.83. The largest absolute Gasteiger partial charge is 0.497 e. The van der Waals surface area contributed by atoms with Crippen molar-refractivity contribution in [2.24, 2.45) is 0 Å². The quantitative estimate of drug-likeness (QED) is 0.801. The molecule has 0 spiro atoms. The van der Waals surface area contributed by atoms with E-state index in [9.17, 15) is 9.59 Å². The number of carbonyl (C=O) groups is 2. The van der Waals surface area contributed by atoms with E-state index in [2.05, 4.69) is 5.32 Å². The van der Waals surface area contributed by atoms with E-state index in [-0.39, 0.29) is 11.8 Å². The fourth-order valence-corrected chi connectivity index (χ4v) is 2.83. The molecule has 0 saturated carbocycles. The SMILES string of the molecule is COc1ccc2c(c1)c(NC(C)=O)c(C)n2C(=O)c1ccccc1. The number of anilines is 1. The average molecular weight is 322 g/mol. The number of hydrogen-bond donors (Lipinski definition) is 1. The molecule has 1 aromatic heterocycles. The minimum Gasteiger partial charge on any atom is -0.497 e. The van der Waals surface area contributed by atoms with Crippen LogP contribution in [0.25, 0.3) is 10.9 Å². The Balaban J connectivity index is 2.26. The number of benzene rings is 2. The van der Waals surface area contributed by atoms with Gasteiger partial charge in [-0.15, -0.1) is 0 Å². The Morgan fingerprint density at radius 1 is 1.08 bits per heavy atom. The fraction of sp³-hybridized carbons (Fsp3) is 0.158. The van der Waals surface area contributed by atoms with Crippen LogP contribution in [0, 0.1) is 6.92 Å². The number of nitrogens with zero attached hydrogens (tertiary/aromatic N) is 1. The van der Waals surface area contributed by atoms with E-state index in [4.69, 9.17) is 4.74 Å². The van der Waals surface area contributed by atoms with Crippen LogP contribution in [-0.4, -0.2) is 23.5 Å². The second-order valence-corrected chi connectivity index (χ2v) is 5.53. The molecule has 1 N–H and O–H groups in total. The first-order valence-electron chi connectivity index (χ1n) is 7.59. The van der Waals surface area contributed by atoms with Crippen LogP contribution in [0.2, 0.25) is 0 Å². The van der Waals surface area contributed by atoms with Crippen molar-refractivity contribution in [3.05, 3.63) is 59.8 Å². The molecule has 0 saturated heterocycles. The van der Waals surface area contributed by atoms with Crippen molar-refractivity contribution in [3.63, 3.8) is 0 Å². The van der Waals surface area contributed by atoms with E-state index in [1.54, 1.807) is 29.9 Å². The zero-order chi connectivity index (χ0) is 17.3. The van der Waals surface area contributed by atoms with Crippen LogP contribution in [0.1, 0.15) is 23.0 Å². The molecule has 2 aromatic carbocycles. The van der Waals surface area contributed by atoms with E-state index in [1.165, 1.54) is 6.92 Å². The first kappa shape index (κ1) is 15.8. The summed E-state index contributed by atoms with van der Waals surface area (Å²) < 4.78 is 6.89. The van der Waals surface area contributed by atoms with E-state index < -0.39 is 0 Å². The summed E-state index contributed by atoms with van der Waals surface area (Å²) in [6.45, 7) is 3.26. The van der Waals surface area contributed by atoms with Gasteiger partial charge in [0, 0.05) is 23.6 Å². The van der Waals surface area contributed by atoms with Crippen molar-refractivity contribution in [1.82, 2.24) is 4.57 Å². The lowest BCUT2D eigenvalue weighted by molar-refractivity contribution is -0.114. The van der Waals surface area contributed by atoms with Crippen LogP contribution < -0.4 is 10.1 Å². The molecule has 0 fully saturated rings. The molecule has 0 unspecified atom stereocenters. The Hall–Kier alpha value is -3.08. The van der Waals surface area contributed by atoms with Gasteiger partial charge in [-0.2, -0.15) is 0 Å². The number of methoxy groups -OCH3 is 1. The maximum atomic E-state index is 13.0. The van der Waals surface area contributed by atoms with Crippen molar-refractivity contribution >= 4 is 28.4 Å². The van der Waals surface area contributed by atoms with E-state index in [0.29, 0.717) is 22.7 Å². The molecule has 24 heavy (non-hydrogen) atoms. The number of carbonyl (C=O) groups excluding carboxylic acids is 2. The summed E-state index contributed by atoms with van der Waals surface area (Å²) in [6, 6.07) is 14.5. The molecular weight excluding hydrogens is 304 g/mol. The number of hydrogen-bond acceptors (Lipinski definition) is 3. The Labute approximate surface area is 139 Å². The lowest BCUT2D eigenvalue weighted by atomic mass is 10.2. The van der Waals surface area contributed by atoms with Crippen molar-refractivity contribution in [2.75, 3.05) is 12.4 Å². The van der Waals surface area contributed by atoms with E-state index in [1.807, 2.05) is 37.3 Å². The standard InChI is InChI=1S/C19H18N2O3/c1-12-18(20-13(2)22)16-11-15(24-3)9-10-17(16)21(12)19(23)14-7-5-4-6-8-14/h4-11H,1-3H3,(H,20,22). The highest BCUT2D eigenvalue weighted by atomic mass is 16.5. The van der Waals surface area contributed by atoms with Gasteiger partial charge in [-0.25, -0.2) is 0 Å². The van der Waals surface area contributed by atoms with Gasteiger partial charge < -0.3 is 10.1 Å². The minimum absolute atomic E-state index is 0.139. The van der Waals surface area contributed by atoms with Gasteiger partial charge in [0.25, 0.3) is 5.91 Å². The normalized spacial score (nSPS) is 10.6. The van der Waals surface area contributed by atoms with E-state index in [0.717, 1.165) is 10.9 Å². The summed E-state index contributed by atoms with van der Waals surface area (Å²) in [7, 11) is 1.58. The van der Waals surface area contributed by atoms with Crippen molar-refractivity contribution in [3.8, 4) is 5.75 Å². The molecule has 3 aromatic rings. The summed E-state index contributed by atoms with van der Waals surface area (Å²) in [5, 5.41) is 3.60. The van der Waals surface area contributed by atoms with Crippen LogP contribution in [0.5, 0.6) is 5.75 Å². The number of fused-ring (bicyclic) bond motifs is 1. The summed E-state index contributed by atoms with van der Waals surface area (Å²) in [4.78, 5) is 24.5. The molecule has 122 valence electrons. The summed E-state index contributed by atoms with van der Waals surface area (Å²) in [5.74, 6) is 0.338. The van der Waals surface area contributed by atoms with Gasteiger partial charge in [-0.3, -0.25) is 14.2 Å². The smallest absolute Gasteiger partial charge is 0.262 e. The highest BCUT2D eigenvalue weighted by molar-refractivity contribution is 6.10. The molecule has 0 aliphatic carbocycles. The number of rotatable bonds is 3. The van der Waals surface area contributed by atoms with Crippen LogP contribution >= 0.6 is 0 Å². The third-order valence-corrected chi connectivity index (χ3v) is 3.94. The lowest BCUT2D eigenvalue weighted by Gasteiger charge is -2.07. The molecule has 3 rings (SSSR count). The monoisotopic (exact) mass is 322 g/mol. The maximum absolute atomic E-state index is 13.0. The molecule has 0 bridgehead atoms. The second kappa shape index (κ2) is 6.20. The lowest BCUT2D eigenvalue weighted by Crippen LogP contribution is -2.14.